The van der Waals surface area contributed by atoms with E-state index >= 15 is 0 Å². The Morgan fingerprint density at radius 1 is 1.41 bits per heavy atom. The number of carbonyl (C=O) groups is 1. The molecular weight excluding hydrogens is 350 g/mol. The van der Waals surface area contributed by atoms with E-state index in [9.17, 15) is 14.4 Å². The standard InChI is InChI=1S/C19H23N3O5/c1-26-14-5-2-4-13(10-14)7-8-20-17(23)16-11-21-19(25)22(18(16)24)12-15-6-3-9-27-15/h2,4-5,10-11,15H,3,6-9,12H2,1H3,(H,20,23)(H,21,25). The lowest BCUT2D eigenvalue weighted by molar-refractivity contribution is 0.0923. The Labute approximate surface area is 156 Å². The molecule has 2 heterocycles. The fourth-order valence-corrected chi connectivity index (χ4v) is 3.08. The molecule has 1 aromatic heterocycles. The monoisotopic (exact) mass is 373 g/mol. The van der Waals surface area contributed by atoms with E-state index in [0.717, 1.165) is 34.9 Å². The first kappa shape index (κ1) is 18.9. The first-order valence-electron chi connectivity index (χ1n) is 8.93. The molecular formula is C19H23N3O5. The highest BCUT2D eigenvalue weighted by molar-refractivity contribution is 5.93. The molecule has 1 amide bonds. The van der Waals surface area contributed by atoms with Crippen LogP contribution in [0.15, 0.2) is 40.1 Å². The number of hydrogen-bond donors (Lipinski definition) is 2. The molecule has 8 nitrogen and oxygen atoms in total. The number of nitrogens with zero attached hydrogens (tertiary/aromatic N) is 1. The fourth-order valence-electron chi connectivity index (χ4n) is 3.08. The number of H-pyrrole nitrogens is 1. The summed E-state index contributed by atoms with van der Waals surface area (Å²) in [6.07, 6.45) is 3.29. The van der Waals surface area contributed by atoms with E-state index in [1.807, 2.05) is 24.3 Å². The van der Waals surface area contributed by atoms with Crippen molar-refractivity contribution >= 4 is 5.91 Å². The van der Waals surface area contributed by atoms with Crippen molar-refractivity contribution < 1.29 is 14.3 Å². The second kappa shape index (κ2) is 8.68. The number of carbonyl (C=O) groups excluding carboxylic acids is 1. The van der Waals surface area contributed by atoms with Crippen LogP contribution in [0.2, 0.25) is 0 Å². The molecule has 0 radical (unpaired) electrons. The van der Waals surface area contributed by atoms with Crippen molar-refractivity contribution in [2.75, 3.05) is 20.3 Å². The summed E-state index contributed by atoms with van der Waals surface area (Å²) in [7, 11) is 1.60. The van der Waals surface area contributed by atoms with Gasteiger partial charge in [-0.05, 0) is 37.0 Å². The van der Waals surface area contributed by atoms with Crippen LogP contribution in [0.5, 0.6) is 5.75 Å². The van der Waals surface area contributed by atoms with Crippen molar-refractivity contribution in [2.24, 2.45) is 0 Å². The summed E-state index contributed by atoms with van der Waals surface area (Å²) in [5.41, 5.74) is -0.221. The second-order valence-corrected chi connectivity index (χ2v) is 6.42. The Hall–Kier alpha value is -2.87. The van der Waals surface area contributed by atoms with Gasteiger partial charge in [-0.1, -0.05) is 12.1 Å². The molecule has 0 aliphatic carbocycles. The van der Waals surface area contributed by atoms with E-state index in [-0.39, 0.29) is 18.2 Å². The lowest BCUT2D eigenvalue weighted by Crippen LogP contribution is -2.42. The molecule has 8 heteroatoms. The summed E-state index contributed by atoms with van der Waals surface area (Å²) in [5, 5.41) is 2.72. The van der Waals surface area contributed by atoms with Crippen LogP contribution in [-0.4, -0.2) is 41.8 Å². The molecule has 1 saturated heterocycles. The first-order chi connectivity index (χ1) is 13.1. The minimum Gasteiger partial charge on any atom is -0.497 e. The van der Waals surface area contributed by atoms with Crippen molar-refractivity contribution in [3.63, 3.8) is 0 Å². The predicted octanol–water partition coefficient (Wildman–Crippen LogP) is 0.697. The summed E-state index contributed by atoms with van der Waals surface area (Å²) >= 11 is 0. The van der Waals surface area contributed by atoms with Gasteiger partial charge in [0, 0.05) is 19.3 Å². The Morgan fingerprint density at radius 3 is 3.00 bits per heavy atom. The summed E-state index contributed by atoms with van der Waals surface area (Å²) in [6.45, 7) is 1.14. The molecule has 27 heavy (non-hydrogen) atoms. The smallest absolute Gasteiger partial charge is 0.328 e. The second-order valence-electron chi connectivity index (χ2n) is 6.42. The Morgan fingerprint density at radius 2 is 2.26 bits per heavy atom. The zero-order chi connectivity index (χ0) is 19.2. The maximum Gasteiger partial charge on any atom is 0.328 e. The molecule has 2 aromatic rings. The topological polar surface area (TPSA) is 102 Å². The molecule has 0 saturated carbocycles. The van der Waals surface area contributed by atoms with Gasteiger partial charge in [-0.2, -0.15) is 0 Å². The van der Waals surface area contributed by atoms with E-state index in [4.69, 9.17) is 9.47 Å². The lowest BCUT2D eigenvalue weighted by atomic mass is 10.1. The maximum absolute atomic E-state index is 12.5. The molecule has 3 rings (SSSR count). The zero-order valence-corrected chi connectivity index (χ0v) is 15.2. The van der Waals surface area contributed by atoms with Crippen LogP contribution < -0.4 is 21.3 Å². The first-order valence-corrected chi connectivity index (χ1v) is 8.93. The number of aromatic nitrogens is 2. The number of nitrogens with one attached hydrogen (secondary N) is 2. The van der Waals surface area contributed by atoms with Crippen LogP contribution in [0, 0.1) is 0 Å². The summed E-state index contributed by atoms with van der Waals surface area (Å²) < 4.78 is 11.7. The van der Waals surface area contributed by atoms with Gasteiger partial charge in [0.05, 0.1) is 19.8 Å². The number of amides is 1. The Bertz CT molecular complexity index is 912. The third-order valence-electron chi connectivity index (χ3n) is 4.55. The molecule has 1 unspecified atom stereocenters. The third kappa shape index (κ3) is 4.65. The van der Waals surface area contributed by atoms with Crippen LogP contribution >= 0.6 is 0 Å². The predicted molar refractivity (Wildman–Crippen MR) is 99.3 cm³/mol. The van der Waals surface area contributed by atoms with E-state index in [2.05, 4.69) is 10.3 Å². The van der Waals surface area contributed by atoms with Gasteiger partial charge in [0.2, 0.25) is 0 Å². The highest BCUT2D eigenvalue weighted by atomic mass is 16.5. The van der Waals surface area contributed by atoms with Gasteiger partial charge in [0.25, 0.3) is 11.5 Å². The number of aromatic amines is 1. The molecule has 1 aliphatic heterocycles. The zero-order valence-electron chi connectivity index (χ0n) is 15.2. The summed E-state index contributed by atoms with van der Waals surface area (Å²) in [6, 6.07) is 7.55. The van der Waals surface area contributed by atoms with Gasteiger partial charge in [-0.15, -0.1) is 0 Å². The fraction of sp³-hybridized carbons (Fsp3) is 0.421. The highest BCUT2D eigenvalue weighted by Gasteiger charge is 2.20. The minimum absolute atomic E-state index is 0.0850. The average molecular weight is 373 g/mol. The lowest BCUT2D eigenvalue weighted by Gasteiger charge is -2.12. The van der Waals surface area contributed by atoms with Gasteiger partial charge in [0.1, 0.15) is 11.3 Å². The number of methoxy groups -OCH3 is 1. The van der Waals surface area contributed by atoms with Gasteiger partial charge < -0.3 is 19.8 Å². The molecule has 1 fully saturated rings. The Balaban J connectivity index is 1.65. The molecule has 1 atom stereocenters. The van der Waals surface area contributed by atoms with E-state index < -0.39 is 17.2 Å². The van der Waals surface area contributed by atoms with Crippen LogP contribution in [0.25, 0.3) is 0 Å². The van der Waals surface area contributed by atoms with Crippen LogP contribution in [-0.2, 0) is 17.7 Å². The molecule has 144 valence electrons. The minimum atomic E-state index is -0.604. The SMILES string of the molecule is COc1cccc(CCNC(=O)c2c[nH]c(=O)n(CC3CCCO3)c2=O)c1. The number of hydrogen-bond acceptors (Lipinski definition) is 5. The molecule has 0 bridgehead atoms. The van der Waals surface area contributed by atoms with Crippen LogP contribution in [0.3, 0.4) is 0 Å². The molecule has 1 aliphatic rings. The Kier molecular flexibility index (Phi) is 6.08. The molecule has 0 spiro atoms. The van der Waals surface area contributed by atoms with Crippen LogP contribution in [0.4, 0.5) is 0 Å². The van der Waals surface area contributed by atoms with Crippen molar-refractivity contribution in [2.45, 2.75) is 31.9 Å². The van der Waals surface area contributed by atoms with Crippen LogP contribution in [0.1, 0.15) is 28.8 Å². The molecule has 2 N–H and O–H groups in total. The summed E-state index contributed by atoms with van der Waals surface area (Å²) in [5.74, 6) is 0.233. The van der Waals surface area contributed by atoms with E-state index in [0.29, 0.717) is 19.6 Å². The summed E-state index contributed by atoms with van der Waals surface area (Å²) in [4.78, 5) is 39.4. The van der Waals surface area contributed by atoms with Crippen molar-refractivity contribution in [1.29, 1.82) is 0 Å². The largest absolute Gasteiger partial charge is 0.497 e. The van der Waals surface area contributed by atoms with E-state index in [1.165, 1.54) is 0 Å². The van der Waals surface area contributed by atoms with Gasteiger partial charge >= 0.3 is 5.69 Å². The van der Waals surface area contributed by atoms with E-state index in [1.54, 1.807) is 7.11 Å². The highest BCUT2D eigenvalue weighted by Crippen LogP contribution is 2.13. The van der Waals surface area contributed by atoms with Gasteiger partial charge in [-0.3, -0.25) is 14.2 Å². The van der Waals surface area contributed by atoms with Crippen molar-refractivity contribution in [1.82, 2.24) is 14.9 Å². The number of benzene rings is 1. The van der Waals surface area contributed by atoms with Crippen molar-refractivity contribution in [3.8, 4) is 5.75 Å². The quantitative estimate of drug-likeness (QED) is 0.744. The number of rotatable bonds is 7. The van der Waals surface area contributed by atoms with Crippen molar-refractivity contribution in [3.05, 3.63) is 62.4 Å². The average Bonchev–Trinajstić information content (AvgIpc) is 3.18. The van der Waals surface area contributed by atoms with Gasteiger partial charge in [-0.25, -0.2) is 4.79 Å². The molecule has 1 aromatic carbocycles. The third-order valence-corrected chi connectivity index (χ3v) is 4.55. The van der Waals surface area contributed by atoms with Gasteiger partial charge in [0.15, 0.2) is 0 Å². The normalized spacial score (nSPS) is 16.3. The number of ether oxygens (including phenoxy) is 2. The maximum atomic E-state index is 12.5.